The number of nitrogens with one attached hydrogen (secondary N) is 2. The molecule has 132 valence electrons. The number of benzene rings is 1. The summed E-state index contributed by atoms with van der Waals surface area (Å²) in [6.07, 6.45) is 1.91. The Morgan fingerprint density at radius 1 is 1.12 bits per heavy atom. The van der Waals surface area contributed by atoms with E-state index in [1.165, 1.54) is 10.5 Å². The van der Waals surface area contributed by atoms with Crippen LogP contribution in [0.3, 0.4) is 0 Å². The van der Waals surface area contributed by atoms with Crippen molar-refractivity contribution in [1.82, 2.24) is 5.32 Å². The predicted octanol–water partition coefficient (Wildman–Crippen LogP) is 0.155. The second-order valence-electron chi connectivity index (χ2n) is 6.97. The number of quaternary nitrogens is 1. The maximum atomic E-state index is 12.7. The fraction of sp³-hybridized carbons (Fsp3) is 0.632. The molecule has 24 heavy (non-hydrogen) atoms. The van der Waals surface area contributed by atoms with Crippen LogP contribution in [0.2, 0.25) is 0 Å². The SMILES string of the molecule is C[C@H](C(=O)NCC1(c2ccccc2)CCOCC1)[NH+]1CCOCC1. The number of hydrogen-bond acceptors (Lipinski definition) is 3. The maximum Gasteiger partial charge on any atom is 0.278 e. The number of rotatable bonds is 5. The van der Waals surface area contributed by atoms with Crippen LogP contribution in [-0.2, 0) is 19.7 Å². The molecule has 0 aromatic heterocycles. The summed E-state index contributed by atoms with van der Waals surface area (Å²) in [5.41, 5.74) is 1.30. The molecule has 2 heterocycles. The molecular weight excluding hydrogens is 304 g/mol. The summed E-state index contributed by atoms with van der Waals surface area (Å²) < 4.78 is 11.0. The van der Waals surface area contributed by atoms with E-state index in [4.69, 9.17) is 9.47 Å². The van der Waals surface area contributed by atoms with Crippen molar-refractivity contribution >= 4 is 5.91 Å². The summed E-state index contributed by atoms with van der Waals surface area (Å²) >= 11 is 0. The summed E-state index contributed by atoms with van der Waals surface area (Å²) in [4.78, 5) is 14.0. The zero-order valence-corrected chi connectivity index (χ0v) is 14.6. The van der Waals surface area contributed by atoms with Gasteiger partial charge in [-0.25, -0.2) is 0 Å². The molecule has 2 aliphatic heterocycles. The molecule has 2 aliphatic rings. The van der Waals surface area contributed by atoms with Gasteiger partial charge in [-0.1, -0.05) is 30.3 Å². The molecule has 0 spiro atoms. The quantitative estimate of drug-likeness (QED) is 0.807. The third-order valence-electron chi connectivity index (χ3n) is 5.58. The average molecular weight is 333 g/mol. The van der Waals surface area contributed by atoms with Gasteiger partial charge in [0.2, 0.25) is 0 Å². The lowest BCUT2D eigenvalue weighted by Crippen LogP contribution is -3.18. The molecule has 5 nitrogen and oxygen atoms in total. The zero-order chi connectivity index (χ0) is 16.8. The Labute approximate surface area is 144 Å². The van der Waals surface area contributed by atoms with Crippen molar-refractivity contribution < 1.29 is 19.2 Å². The number of hydrogen-bond donors (Lipinski definition) is 2. The molecule has 1 amide bonds. The van der Waals surface area contributed by atoms with Gasteiger partial charge in [-0.2, -0.15) is 0 Å². The van der Waals surface area contributed by atoms with E-state index < -0.39 is 0 Å². The zero-order valence-electron chi connectivity index (χ0n) is 14.6. The van der Waals surface area contributed by atoms with E-state index in [-0.39, 0.29) is 17.4 Å². The molecule has 1 aromatic rings. The molecule has 0 bridgehead atoms. The van der Waals surface area contributed by atoms with Gasteiger partial charge in [0, 0.05) is 25.2 Å². The van der Waals surface area contributed by atoms with Gasteiger partial charge in [0.25, 0.3) is 5.91 Å². The fourth-order valence-electron chi connectivity index (χ4n) is 3.78. The lowest BCUT2D eigenvalue weighted by Gasteiger charge is -2.38. The van der Waals surface area contributed by atoms with E-state index in [9.17, 15) is 4.79 Å². The fourth-order valence-corrected chi connectivity index (χ4v) is 3.78. The second-order valence-corrected chi connectivity index (χ2v) is 6.97. The Bertz CT molecular complexity index is 523. The summed E-state index contributed by atoms with van der Waals surface area (Å²) in [5, 5.41) is 3.23. The van der Waals surface area contributed by atoms with Gasteiger partial charge < -0.3 is 19.7 Å². The molecule has 0 unspecified atom stereocenters. The van der Waals surface area contributed by atoms with Crippen LogP contribution in [0.25, 0.3) is 0 Å². The Morgan fingerprint density at radius 3 is 2.42 bits per heavy atom. The van der Waals surface area contributed by atoms with E-state index in [2.05, 4.69) is 29.6 Å². The van der Waals surface area contributed by atoms with Gasteiger partial charge in [0.15, 0.2) is 6.04 Å². The highest BCUT2D eigenvalue weighted by Crippen LogP contribution is 2.34. The van der Waals surface area contributed by atoms with Crippen molar-refractivity contribution in [2.75, 3.05) is 46.1 Å². The van der Waals surface area contributed by atoms with Crippen molar-refractivity contribution in [3.8, 4) is 0 Å². The third-order valence-corrected chi connectivity index (χ3v) is 5.58. The molecule has 0 aliphatic carbocycles. The number of morpholine rings is 1. The first-order chi connectivity index (χ1) is 11.7. The van der Waals surface area contributed by atoms with Gasteiger partial charge in [-0.05, 0) is 25.3 Å². The number of ether oxygens (including phenoxy) is 2. The first-order valence-electron chi connectivity index (χ1n) is 9.05. The van der Waals surface area contributed by atoms with E-state index in [0.717, 1.165) is 52.4 Å². The number of carbonyl (C=O) groups excluding carboxylic acids is 1. The van der Waals surface area contributed by atoms with Gasteiger partial charge in [0.1, 0.15) is 13.1 Å². The van der Waals surface area contributed by atoms with E-state index in [1.807, 2.05) is 13.0 Å². The van der Waals surface area contributed by atoms with E-state index in [0.29, 0.717) is 6.54 Å². The van der Waals surface area contributed by atoms with E-state index in [1.54, 1.807) is 0 Å². The molecular formula is C19H29N2O3+. The van der Waals surface area contributed by atoms with Crippen molar-refractivity contribution in [2.45, 2.75) is 31.2 Å². The van der Waals surface area contributed by atoms with Crippen LogP contribution in [0.15, 0.2) is 30.3 Å². The first-order valence-corrected chi connectivity index (χ1v) is 9.05. The topological polar surface area (TPSA) is 52.0 Å². The third kappa shape index (κ3) is 3.97. The number of amides is 1. The standard InChI is InChI=1S/C19H28N2O3/c1-16(21-9-13-24-14-10-21)18(22)20-15-19(7-11-23-12-8-19)17-5-3-2-4-6-17/h2-6,16H,7-15H2,1H3,(H,20,22)/p+1/t16-/m1/s1. The van der Waals surface area contributed by atoms with Crippen LogP contribution in [-0.4, -0.2) is 58.0 Å². The van der Waals surface area contributed by atoms with Crippen LogP contribution >= 0.6 is 0 Å². The van der Waals surface area contributed by atoms with Crippen LogP contribution in [0.5, 0.6) is 0 Å². The average Bonchev–Trinajstić information content (AvgIpc) is 2.67. The smallest absolute Gasteiger partial charge is 0.278 e. The highest BCUT2D eigenvalue weighted by atomic mass is 16.5. The minimum absolute atomic E-state index is 0.00473. The Hall–Kier alpha value is -1.43. The molecule has 0 radical (unpaired) electrons. The molecule has 5 heteroatoms. The summed E-state index contributed by atoms with van der Waals surface area (Å²) in [6.45, 7) is 7.54. The molecule has 3 rings (SSSR count). The van der Waals surface area contributed by atoms with Crippen LogP contribution in [0.1, 0.15) is 25.3 Å². The van der Waals surface area contributed by atoms with Gasteiger partial charge >= 0.3 is 0 Å². The molecule has 1 aromatic carbocycles. The van der Waals surface area contributed by atoms with Gasteiger partial charge in [-0.3, -0.25) is 4.79 Å². The van der Waals surface area contributed by atoms with Gasteiger partial charge in [0.05, 0.1) is 13.2 Å². The summed E-state index contributed by atoms with van der Waals surface area (Å²) in [5.74, 6) is 0.147. The summed E-state index contributed by atoms with van der Waals surface area (Å²) in [7, 11) is 0. The maximum absolute atomic E-state index is 12.7. The monoisotopic (exact) mass is 333 g/mol. The summed E-state index contributed by atoms with van der Waals surface area (Å²) in [6, 6.07) is 10.5. The van der Waals surface area contributed by atoms with Crippen molar-refractivity contribution in [3.05, 3.63) is 35.9 Å². The molecule has 0 saturated carbocycles. The molecule has 2 fully saturated rings. The Kier molecular flexibility index (Phi) is 5.87. The molecule has 2 N–H and O–H groups in total. The Morgan fingerprint density at radius 2 is 1.75 bits per heavy atom. The minimum Gasteiger partial charge on any atom is -0.381 e. The molecule has 1 atom stereocenters. The van der Waals surface area contributed by atoms with Crippen molar-refractivity contribution in [2.24, 2.45) is 0 Å². The Balaban J connectivity index is 1.64. The second kappa shape index (κ2) is 8.10. The lowest BCUT2D eigenvalue weighted by atomic mass is 9.74. The van der Waals surface area contributed by atoms with Crippen molar-refractivity contribution in [3.63, 3.8) is 0 Å². The lowest BCUT2D eigenvalue weighted by molar-refractivity contribution is -0.921. The minimum atomic E-state index is -0.0263. The highest BCUT2D eigenvalue weighted by molar-refractivity contribution is 5.80. The van der Waals surface area contributed by atoms with Crippen LogP contribution in [0, 0.1) is 0 Å². The predicted molar refractivity (Wildman–Crippen MR) is 92.2 cm³/mol. The van der Waals surface area contributed by atoms with Crippen LogP contribution in [0.4, 0.5) is 0 Å². The first kappa shape index (κ1) is 17.4. The van der Waals surface area contributed by atoms with Crippen molar-refractivity contribution in [1.29, 1.82) is 0 Å². The highest BCUT2D eigenvalue weighted by Gasteiger charge is 2.36. The largest absolute Gasteiger partial charge is 0.381 e. The van der Waals surface area contributed by atoms with Crippen LogP contribution < -0.4 is 10.2 Å². The van der Waals surface area contributed by atoms with Gasteiger partial charge in [-0.15, -0.1) is 0 Å². The van der Waals surface area contributed by atoms with E-state index >= 15 is 0 Å². The molecule has 2 saturated heterocycles. The normalized spacial score (nSPS) is 22.7. The number of carbonyl (C=O) groups is 1.